The van der Waals surface area contributed by atoms with E-state index in [1.807, 2.05) is 0 Å². The molecule has 0 bridgehead atoms. The van der Waals surface area contributed by atoms with Gasteiger partial charge in [-0.15, -0.1) is 0 Å². The minimum absolute atomic E-state index is 0.511. The van der Waals surface area contributed by atoms with E-state index in [2.05, 4.69) is 38.1 Å². The zero-order valence-electron chi connectivity index (χ0n) is 13.6. The number of rotatable bonds is 7. The van der Waals surface area contributed by atoms with Crippen LogP contribution in [0.2, 0.25) is 0 Å². The van der Waals surface area contributed by atoms with Gasteiger partial charge < -0.3 is 0 Å². The molecule has 1 aromatic rings. The van der Waals surface area contributed by atoms with Gasteiger partial charge >= 0.3 is 0 Å². The summed E-state index contributed by atoms with van der Waals surface area (Å²) in [7, 11) is 0. The molecule has 1 fully saturated rings. The number of unbranched alkanes of at least 4 members (excludes halogenated alkanes) is 2. The minimum Gasteiger partial charge on any atom is -0.0654 e. The van der Waals surface area contributed by atoms with Crippen LogP contribution < -0.4 is 0 Å². The highest BCUT2D eigenvalue weighted by Gasteiger charge is 2.32. The minimum atomic E-state index is 0.511. The lowest BCUT2D eigenvalue weighted by Gasteiger charge is -2.38. The standard InChI is InChI=1S/C20H32/c1-3-5-10-18-11-13-19(14-12-18)20(15-6-4-2)16-8-7-9-17-20/h11-14H,3-10,15-17H2,1-2H3. The molecule has 1 saturated carbocycles. The highest BCUT2D eigenvalue weighted by atomic mass is 14.4. The first-order valence-corrected chi connectivity index (χ1v) is 8.90. The van der Waals surface area contributed by atoms with Crippen LogP contribution in [0.4, 0.5) is 0 Å². The van der Waals surface area contributed by atoms with Gasteiger partial charge in [-0.05, 0) is 48.6 Å². The lowest BCUT2D eigenvalue weighted by Crippen LogP contribution is -2.29. The fourth-order valence-electron chi connectivity index (χ4n) is 3.83. The van der Waals surface area contributed by atoms with E-state index in [-0.39, 0.29) is 0 Å². The fraction of sp³-hybridized carbons (Fsp3) is 0.700. The SMILES string of the molecule is CCCCc1ccc(C2(CCCC)CCCCC2)cc1. The van der Waals surface area contributed by atoms with Crippen molar-refractivity contribution in [3.05, 3.63) is 35.4 Å². The number of aryl methyl sites for hydroxylation is 1. The summed E-state index contributed by atoms with van der Waals surface area (Å²) < 4.78 is 0. The Morgan fingerprint density at radius 3 is 2.10 bits per heavy atom. The Kier molecular flexibility index (Phi) is 6.13. The van der Waals surface area contributed by atoms with Gasteiger partial charge in [0.2, 0.25) is 0 Å². The van der Waals surface area contributed by atoms with Crippen LogP contribution in [0.5, 0.6) is 0 Å². The van der Waals surface area contributed by atoms with Crippen LogP contribution in [0.15, 0.2) is 24.3 Å². The van der Waals surface area contributed by atoms with Gasteiger partial charge in [0.15, 0.2) is 0 Å². The summed E-state index contributed by atoms with van der Waals surface area (Å²) in [5, 5.41) is 0. The molecule has 112 valence electrons. The van der Waals surface area contributed by atoms with Crippen LogP contribution in [-0.4, -0.2) is 0 Å². The average Bonchev–Trinajstić information content (AvgIpc) is 2.52. The Balaban J connectivity index is 2.11. The van der Waals surface area contributed by atoms with Gasteiger partial charge in [-0.25, -0.2) is 0 Å². The van der Waals surface area contributed by atoms with Crippen molar-refractivity contribution in [3.8, 4) is 0 Å². The van der Waals surface area contributed by atoms with Crippen LogP contribution in [-0.2, 0) is 11.8 Å². The molecule has 0 aliphatic heterocycles. The van der Waals surface area contributed by atoms with Gasteiger partial charge in [-0.2, -0.15) is 0 Å². The maximum absolute atomic E-state index is 2.45. The van der Waals surface area contributed by atoms with E-state index >= 15 is 0 Å². The van der Waals surface area contributed by atoms with E-state index in [9.17, 15) is 0 Å². The molecular weight excluding hydrogens is 240 g/mol. The Hall–Kier alpha value is -0.780. The Morgan fingerprint density at radius 2 is 1.50 bits per heavy atom. The maximum atomic E-state index is 2.45. The Bertz CT molecular complexity index is 368. The van der Waals surface area contributed by atoms with Crippen LogP contribution in [0.25, 0.3) is 0 Å². The number of hydrogen-bond donors (Lipinski definition) is 0. The predicted molar refractivity (Wildman–Crippen MR) is 89.3 cm³/mol. The summed E-state index contributed by atoms with van der Waals surface area (Å²) in [6.45, 7) is 4.60. The van der Waals surface area contributed by atoms with Crippen LogP contribution >= 0.6 is 0 Å². The van der Waals surface area contributed by atoms with Gasteiger partial charge in [-0.3, -0.25) is 0 Å². The number of benzene rings is 1. The Morgan fingerprint density at radius 1 is 0.850 bits per heavy atom. The summed E-state index contributed by atoms with van der Waals surface area (Å²) in [5.74, 6) is 0. The van der Waals surface area contributed by atoms with Gasteiger partial charge in [0.1, 0.15) is 0 Å². The molecule has 0 amide bonds. The second-order valence-corrected chi connectivity index (χ2v) is 6.75. The lowest BCUT2D eigenvalue weighted by atomic mass is 9.66. The second kappa shape index (κ2) is 7.86. The first kappa shape index (κ1) is 15.6. The molecule has 0 saturated heterocycles. The summed E-state index contributed by atoms with van der Waals surface area (Å²) >= 11 is 0. The van der Waals surface area contributed by atoms with Crippen LogP contribution in [0.1, 0.15) is 89.2 Å². The van der Waals surface area contributed by atoms with Crippen molar-refractivity contribution in [2.24, 2.45) is 0 Å². The van der Waals surface area contributed by atoms with Crippen molar-refractivity contribution in [2.75, 3.05) is 0 Å². The molecule has 0 nitrogen and oxygen atoms in total. The lowest BCUT2D eigenvalue weighted by molar-refractivity contribution is 0.267. The van der Waals surface area contributed by atoms with Crippen LogP contribution in [0.3, 0.4) is 0 Å². The van der Waals surface area contributed by atoms with Crippen molar-refractivity contribution in [1.29, 1.82) is 0 Å². The average molecular weight is 272 g/mol. The van der Waals surface area contributed by atoms with E-state index in [1.165, 1.54) is 76.2 Å². The zero-order valence-corrected chi connectivity index (χ0v) is 13.6. The summed E-state index contributed by atoms with van der Waals surface area (Å²) in [4.78, 5) is 0. The number of hydrogen-bond acceptors (Lipinski definition) is 0. The normalized spacial score (nSPS) is 18.1. The topological polar surface area (TPSA) is 0 Å². The molecule has 1 aromatic carbocycles. The maximum Gasteiger partial charge on any atom is -0.00470 e. The van der Waals surface area contributed by atoms with E-state index in [0.29, 0.717) is 5.41 Å². The largest absolute Gasteiger partial charge is 0.0654 e. The monoisotopic (exact) mass is 272 g/mol. The molecule has 0 unspecified atom stereocenters. The first-order chi connectivity index (χ1) is 9.80. The van der Waals surface area contributed by atoms with Gasteiger partial charge in [0.05, 0.1) is 0 Å². The molecule has 0 radical (unpaired) electrons. The quantitative estimate of drug-likeness (QED) is 0.537. The van der Waals surface area contributed by atoms with Crippen molar-refractivity contribution in [1.82, 2.24) is 0 Å². The van der Waals surface area contributed by atoms with Crippen molar-refractivity contribution in [2.45, 2.75) is 89.9 Å². The van der Waals surface area contributed by atoms with Crippen molar-refractivity contribution in [3.63, 3.8) is 0 Å². The molecule has 1 aliphatic carbocycles. The third-order valence-electron chi connectivity index (χ3n) is 5.20. The molecule has 0 atom stereocenters. The van der Waals surface area contributed by atoms with E-state index < -0.39 is 0 Å². The van der Waals surface area contributed by atoms with E-state index in [1.54, 1.807) is 5.56 Å². The molecule has 2 rings (SSSR count). The summed E-state index contributed by atoms with van der Waals surface area (Å²) in [6.07, 6.45) is 15.1. The van der Waals surface area contributed by atoms with E-state index in [4.69, 9.17) is 0 Å². The molecular formula is C20H32. The van der Waals surface area contributed by atoms with Crippen molar-refractivity contribution >= 4 is 0 Å². The second-order valence-electron chi connectivity index (χ2n) is 6.75. The van der Waals surface area contributed by atoms with E-state index in [0.717, 1.165) is 0 Å². The predicted octanol–water partition coefficient (Wildman–Crippen LogP) is 6.42. The van der Waals surface area contributed by atoms with Gasteiger partial charge in [-0.1, -0.05) is 76.6 Å². The van der Waals surface area contributed by atoms with Gasteiger partial charge in [0.25, 0.3) is 0 Å². The highest BCUT2D eigenvalue weighted by Crippen LogP contribution is 2.43. The first-order valence-electron chi connectivity index (χ1n) is 8.90. The molecule has 0 heterocycles. The highest BCUT2D eigenvalue weighted by molar-refractivity contribution is 5.30. The molecule has 0 heteroatoms. The molecule has 1 aliphatic rings. The molecule has 0 aromatic heterocycles. The van der Waals surface area contributed by atoms with Crippen LogP contribution in [0, 0.1) is 0 Å². The molecule has 0 spiro atoms. The fourth-order valence-corrected chi connectivity index (χ4v) is 3.83. The summed E-state index contributed by atoms with van der Waals surface area (Å²) in [6, 6.07) is 9.69. The van der Waals surface area contributed by atoms with Crippen molar-refractivity contribution < 1.29 is 0 Å². The molecule has 20 heavy (non-hydrogen) atoms. The van der Waals surface area contributed by atoms with Gasteiger partial charge in [0, 0.05) is 0 Å². The smallest absolute Gasteiger partial charge is 0.00470 e. The Labute approximate surface area is 126 Å². The molecule has 0 N–H and O–H groups in total. The summed E-state index contributed by atoms with van der Waals surface area (Å²) in [5.41, 5.74) is 3.67. The third-order valence-corrected chi connectivity index (χ3v) is 5.20. The zero-order chi connectivity index (χ0) is 14.3. The third kappa shape index (κ3) is 3.87.